The summed E-state index contributed by atoms with van der Waals surface area (Å²) in [6.45, 7) is 6.37. The van der Waals surface area contributed by atoms with E-state index in [1.165, 1.54) is 122 Å². The average molecular weight is 826 g/mol. The number of hydrogen-bond acceptors (Lipinski definition) is 5. The number of rotatable bonds is 44. The highest BCUT2D eigenvalue weighted by Gasteiger charge is 2.24. The van der Waals surface area contributed by atoms with Gasteiger partial charge in [-0.05, 0) is 44.9 Å². The van der Waals surface area contributed by atoms with E-state index < -0.39 is 18.2 Å². The molecule has 0 radical (unpaired) electrons. The van der Waals surface area contributed by atoms with Crippen LogP contribution >= 0.6 is 0 Å². The number of ether oxygens (including phenoxy) is 1. The fourth-order valence-corrected chi connectivity index (χ4v) is 7.40. The molecule has 3 unspecified atom stereocenters. The molecule has 0 aliphatic carbocycles. The molecule has 0 rings (SSSR count). The quantitative estimate of drug-likeness (QED) is 0.0323. The minimum Gasteiger partial charge on any atom is -0.462 e. The van der Waals surface area contributed by atoms with Gasteiger partial charge in [-0.2, -0.15) is 0 Å². The Morgan fingerprint density at radius 3 is 1.37 bits per heavy atom. The SMILES string of the molecule is CCC/C=C/C=C/C=C/C=C/C=C/CCCCCC(CC(=O)NC(CO)C(O)CCCCCCCCCCCCCCCC)OC(=O)CCCCCCCCCCCC. The van der Waals surface area contributed by atoms with Crippen molar-refractivity contribution in [3.63, 3.8) is 0 Å². The number of allylic oxidation sites excluding steroid dienone is 10. The van der Waals surface area contributed by atoms with Gasteiger partial charge in [-0.1, -0.05) is 242 Å². The van der Waals surface area contributed by atoms with Gasteiger partial charge < -0.3 is 20.3 Å². The zero-order chi connectivity index (χ0) is 43.1. The van der Waals surface area contributed by atoms with E-state index >= 15 is 0 Å². The highest BCUT2D eigenvalue weighted by molar-refractivity contribution is 5.77. The molecule has 342 valence electrons. The molecule has 6 nitrogen and oxygen atoms in total. The summed E-state index contributed by atoms with van der Waals surface area (Å²) in [5.74, 6) is -0.515. The van der Waals surface area contributed by atoms with Crippen molar-refractivity contribution in [2.24, 2.45) is 0 Å². The molecule has 59 heavy (non-hydrogen) atoms. The fraction of sp³-hybridized carbons (Fsp3) is 0.774. The van der Waals surface area contributed by atoms with Crippen molar-refractivity contribution < 1.29 is 24.5 Å². The predicted octanol–water partition coefficient (Wildman–Crippen LogP) is 14.8. The summed E-state index contributed by atoms with van der Waals surface area (Å²) in [4.78, 5) is 26.1. The van der Waals surface area contributed by atoms with Crippen molar-refractivity contribution in [3.8, 4) is 0 Å². The smallest absolute Gasteiger partial charge is 0.306 e. The topological polar surface area (TPSA) is 95.9 Å². The summed E-state index contributed by atoms with van der Waals surface area (Å²) in [5.41, 5.74) is 0. The van der Waals surface area contributed by atoms with Gasteiger partial charge in [0.2, 0.25) is 5.91 Å². The Morgan fingerprint density at radius 1 is 0.492 bits per heavy atom. The molecule has 0 saturated heterocycles. The first-order chi connectivity index (χ1) is 29.0. The molecule has 0 fully saturated rings. The summed E-state index contributed by atoms with van der Waals surface area (Å²) < 4.78 is 5.90. The van der Waals surface area contributed by atoms with Crippen molar-refractivity contribution in [2.75, 3.05) is 6.61 Å². The lowest BCUT2D eigenvalue weighted by Crippen LogP contribution is -2.46. The summed E-state index contributed by atoms with van der Waals surface area (Å²) >= 11 is 0. The number of nitrogens with one attached hydrogen (secondary N) is 1. The zero-order valence-electron chi connectivity index (χ0n) is 38.9. The van der Waals surface area contributed by atoms with Crippen molar-refractivity contribution in [2.45, 2.75) is 257 Å². The Kier molecular flexibility index (Phi) is 44.7. The van der Waals surface area contributed by atoms with Gasteiger partial charge in [-0.15, -0.1) is 0 Å². The third-order valence-electron chi connectivity index (χ3n) is 11.2. The maximum absolute atomic E-state index is 13.2. The number of aliphatic hydroxyl groups is 2. The molecule has 0 aliphatic rings. The standard InChI is InChI=1S/C53H95NO5/c1-4-7-10-13-16-19-22-24-26-27-28-30-32-35-38-41-44-49(59-53(58)46-43-40-37-34-21-18-15-12-9-6-3)47-52(57)54-50(48-55)51(56)45-42-39-36-33-31-29-25-23-20-17-14-11-8-5-2/h10,13,16,19,22,24,26-28,30,49-51,55-56H,4-9,11-12,14-15,17-18,20-21,23,25,29,31-48H2,1-3H3,(H,54,57)/b13-10+,19-16+,24-22+,27-26+,30-28+. The highest BCUT2D eigenvalue weighted by Crippen LogP contribution is 2.17. The minimum absolute atomic E-state index is 0.0499. The van der Waals surface area contributed by atoms with Gasteiger partial charge in [0.1, 0.15) is 6.10 Å². The summed E-state index contributed by atoms with van der Waals surface area (Å²) in [6.07, 6.45) is 57.0. The van der Waals surface area contributed by atoms with Crippen molar-refractivity contribution in [1.82, 2.24) is 5.32 Å². The monoisotopic (exact) mass is 826 g/mol. The first-order valence-electron chi connectivity index (χ1n) is 25.1. The van der Waals surface area contributed by atoms with Gasteiger partial charge in [0, 0.05) is 6.42 Å². The molecule has 0 aromatic heterocycles. The Hall–Kier alpha value is -2.44. The van der Waals surface area contributed by atoms with Crippen LogP contribution in [0.15, 0.2) is 60.8 Å². The molecule has 0 aliphatic heterocycles. The van der Waals surface area contributed by atoms with E-state index in [9.17, 15) is 19.8 Å². The second-order valence-electron chi connectivity index (χ2n) is 17.0. The third kappa shape index (κ3) is 42.1. The predicted molar refractivity (Wildman–Crippen MR) is 255 cm³/mol. The Labute approximate surface area is 365 Å². The van der Waals surface area contributed by atoms with Gasteiger partial charge in [0.25, 0.3) is 0 Å². The molecule has 0 bridgehead atoms. The van der Waals surface area contributed by atoms with Crippen molar-refractivity contribution >= 4 is 11.9 Å². The number of aliphatic hydroxyl groups excluding tert-OH is 2. The Bertz CT molecular complexity index is 1060. The van der Waals surface area contributed by atoms with Gasteiger partial charge in [-0.25, -0.2) is 0 Å². The van der Waals surface area contributed by atoms with Crippen LogP contribution in [0.4, 0.5) is 0 Å². The van der Waals surface area contributed by atoms with E-state index in [4.69, 9.17) is 4.74 Å². The van der Waals surface area contributed by atoms with E-state index in [2.05, 4.69) is 50.4 Å². The van der Waals surface area contributed by atoms with Crippen LogP contribution in [0.25, 0.3) is 0 Å². The summed E-state index contributed by atoms with van der Waals surface area (Å²) in [6, 6.07) is -0.715. The first kappa shape index (κ1) is 56.6. The minimum atomic E-state index is -0.799. The molecule has 1 amide bonds. The highest BCUT2D eigenvalue weighted by atomic mass is 16.5. The normalized spacial score (nSPS) is 13.8. The lowest BCUT2D eigenvalue weighted by Gasteiger charge is -2.24. The van der Waals surface area contributed by atoms with Gasteiger partial charge in [-0.3, -0.25) is 9.59 Å². The fourth-order valence-electron chi connectivity index (χ4n) is 7.40. The molecule has 0 spiro atoms. The number of esters is 1. The van der Waals surface area contributed by atoms with E-state index in [0.29, 0.717) is 19.3 Å². The van der Waals surface area contributed by atoms with Gasteiger partial charge >= 0.3 is 5.97 Å². The molecular formula is C53H95NO5. The second-order valence-corrected chi connectivity index (χ2v) is 17.0. The van der Waals surface area contributed by atoms with Crippen LogP contribution in [0.2, 0.25) is 0 Å². The Balaban J connectivity index is 4.65. The number of carbonyl (C=O) groups excluding carboxylic acids is 2. The van der Waals surface area contributed by atoms with Crippen molar-refractivity contribution in [3.05, 3.63) is 60.8 Å². The lowest BCUT2D eigenvalue weighted by atomic mass is 10.0. The number of amides is 1. The molecule has 0 heterocycles. The van der Waals surface area contributed by atoms with Crippen LogP contribution in [0.5, 0.6) is 0 Å². The number of hydrogen-bond donors (Lipinski definition) is 3. The van der Waals surface area contributed by atoms with Crippen LogP contribution < -0.4 is 5.32 Å². The van der Waals surface area contributed by atoms with Crippen LogP contribution in [0.3, 0.4) is 0 Å². The number of unbranched alkanes of at least 4 members (excludes halogenated alkanes) is 26. The molecule has 0 aromatic carbocycles. The summed E-state index contributed by atoms with van der Waals surface area (Å²) in [7, 11) is 0. The molecule has 3 N–H and O–H groups in total. The molecule has 6 heteroatoms. The zero-order valence-corrected chi connectivity index (χ0v) is 38.9. The molecular weight excluding hydrogens is 731 g/mol. The van der Waals surface area contributed by atoms with E-state index in [0.717, 1.165) is 70.6 Å². The molecule has 0 aromatic rings. The van der Waals surface area contributed by atoms with Gasteiger partial charge in [0.05, 0.1) is 25.2 Å². The molecule has 0 saturated carbocycles. The molecule has 3 atom stereocenters. The largest absolute Gasteiger partial charge is 0.462 e. The van der Waals surface area contributed by atoms with Crippen LogP contribution in [0.1, 0.15) is 239 Å². The summed E-state index contributed by atoms with van der Waals surface area (Å²) in [5, 5.41) is 23.7. The maximum atomic E-state index is 13.2. The van der Waals surface area contributed by atoms with Crippen LogP contribution in [0, 0.1) is 0 Å². The lowest BCUT2D eigenvalue weighted by molar-refractivity contribution is -0.151. The van der Waals surface area contributed by atoms with Gasteiger partial charge in [0.15, 0.2) is 0 Å². The van der Waals surface area contributed by atoms with Crippen molar-refractivity contribution in [1.29, 1.82) is 0 Å². The Morgan fingerprint density at radius 2 is 0.898 bits per heavy atom. The maximum Gasteiger partial charge on any atom is 0.306 e. The average Bonchev–Trinajstić information content (AvgIpc) is 3.23. The van der Waals surface area contributed by atoms with Crippen LogP contribution in [-0.4, -0.2) is 46.9 Å². The van der Waals surface area contributed by atoms with E-state index in [1.54, 1.807) is 0 Å². The van der Waals surface area contributed by atoms with Crippen LogP contribution in [-0.2, 0) is 14.3 Å². The van der Waals surface area contributed by atoms with E-state index in [-0.39, 0.29) is 24.9 Å². The van der Waals surface area contributed by atoms with E-state index in [1.807, 2.05) is 36.5 Å². The second kappa shape index (κ2) is 46.6. The number of carbonyl (C=O) groups is 2. The third-order valence-corrected chi connectivity index (χ3v) is 11.2. The first-order valence-corrected chi connectivity index (χ1v) is 25.1.